The zero-order chi connectivity index (χ0) is 20.1. The van der Waals surface area contributed by atoms with Gasteiger partial charge >= 0.3 is 0 Å². The summed E-state index contributed by atoms with van der Waals surface area (Å²) in [4.78, 5) is 10.4. The minimum atomic E-state index is 0. The lowest BCUT2D eigenvalue weighted by atomic mass is 10.1. The van der Waals surface area contributed by atoms with Crippen LogP contribution in [-0.4, -0.2) is 45.3 Å². The number of benzene rings is 1. The second kappa shape index (κ2) is 9.87. The Morgan fingerprint density at radius 2 is 2.00 bits per heavy atom. The first kappa shape index (κ1) is 22.1. The zero-order valence-corrected chi connectivity index (χ0v) is 17.6. The number of nitriles is 1. The van der Waals surface area contributed by atoms with Crippen LogP contribution < -0.4 is 10.1 Å². The Labute approximate surface area is 176 Å². The number of ether oxygens (including phenoxy) is 1. The molecule has 0 aliphatic heterocycles. The van der Waals surface area contributed by atoms with Crippen molar-refractivity contribution in [1.82, 2.24) is 25.1 Å². The monoisotopic (exact) mass is 413 g/mol. The van der Waals surface area contributed by atoms with Crippen LogP contribution >= 0.6 is 12.4 Å². The summed E-state index contributed by atoms with van der Waals surface area (Å²) in [6.07, 6.45) is 2.90. The van der Waals surface area contributed by atoms with E-state index in [-0.39, 0.29) is 18.1 Å². The van der Waals surface area contributed by atoms with Crippen molar-refractivity contribution >= 4 is 24.0 Å². The van der Waals surface area contributed by atoms with E-state index < -0.39 is 0 Å². The third-order valence-electron chi connectivity index (χ3n) is 4.47. The van der Waals surface area contributed by atoms with Gasteiger partial charge in [0, 0.05) is 24.2 Å². The van der Waals surface area contributed by atoms with E-state index in [1.807, 2.05) is 24.3 Å². The smallest absolute Gasteiger partial charge is 0.158 e. The quantitative estimate of drug-likeness (QED) is 0.607. The van der Waals surface area contributed by atoms with Crippen LogP contribution in [0.4, 0.5) is 11.6 Å². The van der Waals surface area contributed by atoms with E-state index in [9.17, 15) is 0 Å². The van der Waals surface area contributed by atoms with Crippen molar-refractivity contribution < 1.29 is 4.74 Å². The number of aromatic nitrogens is 4. The van der Waals surface area contributed by atoms with Crippen molar-refractivity contribution in [1.29, 1.82) is 5.26 Å². The molecule has 0 fully saturated rings. The summed E-state index contributed by atoms with van der Waals surface area (Å²) >= 11 is 0. The van der Waals surface area contributed by atoms with E-state index in [2.05, 4.69) is 57.3 Å². The molecule has 152 valence electrons. The van der Waals surface area contributed by atoms with Gasteiger partial charge in [0.05, 0.1) is 25.2 Å². The topological polar surface area (TPSA) is 103 Å². The molecule has 3 rings (SSSR count). The van der Waals surface area contributed by atoms with Crippen molar-refractivity contribution in [2.45, 2.75) is 26.4 Å². The maximum atomic E-state index is 8.79. The summed E-state index contributed by atoms with van der Waals surface area (Å²) < 4.78 is 5.60. The molecule has 2 N–H and O–H groups in total. The molecule has 0 unspecified atom stereocenters. The van der Waals surface area contributed by atoms with Crippen LogP contribution in [0.3, 0.4) is 0 Å². The lowest BCUT2D eigenvalue weighted by molar-refractivity contribution is 0.265. The number of nitrogens with zero attached hydrogens (tertiary/aromatic N) is 5. The molecule has 2 heterocycles. The third kappa shape index (κ3) is 5.44. The lowest BCUT2D eigenvalue weighted by Crippen LogP contribution is -2.25. The molecule has 9 heteroatoms. The number of hydrogen-bond acceptors (Lipinski definition) is 7. The predicted octanol–water partition coefficient (Wildman–Crippen LogP) is 3.75. The SMILES string of the molecule is COc1cc(CN(C)C(C)C)ccc1-c1cc(Nc2cnc(C#N)cn2)n[nH]1.Cl. The van der Waals surface area contributed by atoms with E-state index in [4.69, 9.17) is 10.00 Å². The molecule has 1 aromatic carbocycles. The first-order chi connectivity index (χ1) is 13.5. The minimum Gasteiger partial charge on any atom is -0.496 e. The molecule has 0 amide bonds. The fraction of sp³-hybridized carbons (Fsp3) is 0.300. The van der Waals surface area contributed by atoms with Crippen molar-refractivity contribution in [2.75, 3.05) is 19.5 Å². The molecular weight excluding hydrogens is 390 g/mol. The van der Waals surface area contributed by atoms with Crippen molar-refractivity contribution in [3.8, 4) is 23.1 Å². The standard InChI is InChI=1S/C20H23N7O.ClH/c1-13(2)27(3)12-14-5-6-16(18(7-14)28-4)17-8-19(26-25-17)24-20-11-22-15(9-21)10-23-20;/h5-8,10-11,13H,12H2,1-4H3,(H2,23,24,25,26);1H. The van der Waals surface area contributed by atoms with Gasteiger partial charge in [-0.2, -0.15) is 10.4 Å². The van der Waals surface area contributed by atoms with Crippen molar-refractivity contribution in [2.24, 2.45) is 0 Å². The molecule has 0 aliphatic carbocycles. The maximum Gasteiger partial charge on any atom is 0.158 e. The maximum absolute atomic E-state index is 8.79. The highest BCUT2D eigenvalue weighted by atomic mass is 35.5. The molecule has 29 heavy (non-hydrogen) atoms. The average Bonchev–Trinajstić information content (AvgIpc) is 3.16. The minimum absolute atomic E-state index is 0. The second-order valence-corrected chi connectivity index (χ2v) is 6.73. The van der Waals surface area contributed by atoms with Crippen molar-refractivity contribution in [3.05, 3.63) is 47.9 Å². The molecule has 0 saturated heterocycles. The van der Waals surface area contributed by atoms with Crippen LogP contribution in [0, 0.1) is 11.3 Å². The van der Waals surface area contributed by atoms with Gasteiger partial charge in [-0.05, 0) is 38.6 Å². The molecule has 0 aliphatic rings. The Morgan fingerprint density at radius 3 is 2.62 bits per heavy atom. The number of aromatic amines is 1. The van der Waals surface area contributed by atoms with Gasteiger partial charge in [0.15, 0.2) is 11.5 Å². The van der Waals surface area contributed by atoms with Gasteiger partial charge < -0.3 is 10.1 Å². The van der Waals surface area contributed by atoms with Crippen LogP contribution in [0.2, 0.25) is 0 Å². The fourth-order valence-corrected chi connectivity index (χ4v) is 2.63. The Kier molecular flexibility index (Phi) is 7.53. The summed E-state index contributed by atoms with van der Waals surface area (Å²) in [5.74, 6) is 1.89. The summed E-state index contributed by atoms with van der Waals surface area (Å²) in [6.45, 7) is 5.19. The number of halogens is 1. The van der Waals surface area contributed by atoms with Gasteiger partial charge in [0.25, 0.3) is 0 Å². The van der Waals surface area contributed by atoms with Gasteiger partial charge in [-0.15, -0.1) is 12.4 Å². The Balaban J connectivity index is 0.00000300. The molecule has 3 aromatic rings. The molecule has 2 aromatic heterocycles. The molecule has 0 saturated carbocycles. The summed E-state index contributed by atoms with van der Waals surface area (Å²) in [5.41, 5.74) is 3.19. The summed E-state index contributed by atoms with van der Waals surface area (Å²) in [5, 5.41) is 19.1. The van der Waals surface area contributed by atoms with E-state index in [1.165, 1.54) is 18.0 Å². The molecule has 0 atom stereocenters. The summed E-state index contributed by atoms with van der Waals surface area (Å²) in [7, 11) is 3.76. The van der Waals surface area contributed by atoms with Gasteiger partial charge in [-0.3, -0.25) is 10.00 Å². The zero-order valence-electron chi connectivity index (χ0n) is 16.8. The summed E-state index contributed by atoms with van der Waals surface area (Å²) in [6, 6.07) is 10.5. The molecule has 0 spiro atoms. The molecular formula is C20H24ClN7O. The van der Waals surface area contributed by atoms with Crippen LogP contribution in [0.15, 0.2) is 36.7 Å². The molecule has 0 bridgehead atoms. The highest BCUT2D eigenvalue weighted by Gasteiger charge is 2.12. The highest BCUT2D eigenvalue weighted by Crippen LogP contribution is 2.31. The average molecular weight is 414 g/mol. The number of rotatable bonds is 7. The Hall–Kier alpha value is -3.15. The molecule has 8 nitrogen and oxygen atoms in total. The van der Waals surface area contributed by atoms with E-state index >= 15 is 0 Å². The van der Waals surface area contributed by atoms with E-state index in [0.29, 0.717) is 17.7 Å². The van der Waals surface area contributed by atoms with Gasteiger partial charge in [-0.25, -0.2) is 9.97 Å². The van der Waals surface area contributed by atoms with E-state index in [1.54, 1.807) is 7.11 Å². The van der Waals surface area contributed by atoms with Gasteiger partial charge in [0.1, 0.15) is 17.6 Å². The van der Waals surface area contributed by atoms with Crippen LogP contribution in [0.1, 0.15) is 25.1 Å². The largest absolute Gasteiger partial charge is 0.496 e. The third-order valence-corrected chi connectivity index (χ3v) is 4.47. The van der Waals surface area contributed by atoms with Gasteiger partial charge in [-0.1, -0.05) is 6.07 Å². The normalized spacial score (nSPS) is 10.5. The van der Waals surface area contributed by atoms with Crippen LogP contribution in [-0.2, 0) is 6.54 Å². The van der Waals surface area contributed by atoms with Gasteiger partial charge in [0.2, 0.25) is 0 Å². The first-order valence-electron chi connectivity index (χ1n) is 8.92. The Morgan fingerprint density at radius 1 is 1.21 bits per heavy atom. The number of hydrogen-bond donors (Lipinski definition) is 2. The predicted molar refractivity (Wildman–Crippen MR) is 114 cm³/mol. The van der Waals surface area contributed by atoms with Crippen LogP contribution in [0.25, 0.3) is 11.3 Å². The lowest BCUT2D eigenvalue weighted by Gasteiger charge is -2.21. The highest BCUT2D eigenvalue weighted by molar-refractivity contribution is 5.85. The number of methoxy groups -OCH3 is 1. The Bertz CT molecular complexity index is 979. The number of anilines is 2. The fourth-order valence-electron chi connectivity index (χ4n) is 2.63. The van der Waals surface area contributed by atoms with Crippen molar-refractivity contribution in [3.63, 3.8) is 0 Å². The number of H-pyrrole nitrogens is 1. The van der Waals surface area contributed by atoms with E-state index in [0.717, 1.165) is 23.6 Å². The molecule has 0 radical (unpaired) electrons. The number of nitrogens with one attached hydrogen (secondary N) is 2. The van der Waals surface area contributed by atoms with Crippen LogP contribution in [0.5, 0.6) is 5.75 Å². The first-order valence-corrected chi connectivity index (χ1v) is 8.92. The second-order valence-electron chi connectivity index (χ2n) is 6.73.